The lowest BCUT2D eigenvalue weighted by atomic mass is 10.1. The molecule has 0 fully saturated rings. The highest BCUT2D eigenvalue weighted by atomic mass is 32.1. The molecule has 3 rings (SSSR count). The molecule has 2 heterocycles. The molecular formula is C20H22N2O2S. The number of aromatic nitrogens is 2. The van der Waals surface area contributed by atoms with E-state index in [9.17, 15) is 4.79 Å². The molecule has 130 valence electrons. The van der Waals surface area contributed by atoms with Gasteiger partial charge in [0.2, 0.25) is 5.78 Å². The van der Waals surface area contributed by atoms with Crippen molar-refractivity contribution in [3.63, 3.8) is 0 Å². The van der Waals surface area contributed by atoms with Gasteiger partial charge in [-0.3, -0.25) is 4.79 Å². The van der Waals surface area contributed by atoms with E-state index >= 15 is 0 Å². The Bertz CT molecular complexity index is 891. The zero-order valence-electron chi connectivity index (χ0n) is 15.0. The smallest absolute Gasteiger partial charge is 0.202 e. The molecule has 0 atom stereocenters. The maximum absolute atomic E-state index is 12.5. The molecule has 2 aromatic heterocycles. The first kappa shape index (κ1) is 17.4. The lowest BCUT2D eigenvalue weighted by Gasteiger charge is -2.07. The Morgan fingerprint density at radius 1 is 1.20 bits per heavy atom. The number of ether oxygens (including phenoxy) is 1. The normalized spacial score (nSPS) is 10.9. The van der Waals surface area contributed by atoms with Crippen LogP contribution in [0.5, 0.6) is 5.75 Å². The highest BCUT2D eigenvalue weighted by molar-refractivity contribution is 7.13. The van der Waals surface area contributed by atoms with Gasteiger partial charge in [-0.25, -0.2) is 4.98 Å². The highest BCUT2D eigenvalue weighted by Crippen LogP contribution is 2.25. The van der Waals surface area contributed by atoms with Crippen LogP contribution in [0.4, 0.5) is 0 Å². The van der Waals surface area contributed by atoms with Crippen molar-refractivity contribution < 1.29 is 9.53 Å². The van der Waals surface area contributed by atoms with E-state index in [1.807, 2.05) is 56.5 Å². The van der Waals surface area contributed by atoms with Crippen molar-refractivity contribution in [1.29, 1.82) is 0 Å². The number of benzene rings is 1. The van der Waals surface area contributed by atoms with Crippen LogP contribution >= 0.6 is 11.3 Å². The largest absolute Gasteiger partial charge is 0.485 e. The molecule has 0 radical (unpaired) electrons. The summed E-state index contributed by atoms with van der Waals surface area (Å²) >= 11 is 1.62. The molecule has 0 aliphatic carbocycles. The Morgan fingerprint density at radius 2 is 1.92 bits per heavy atom. The molecule has 5 heteroatoms. The average molecular weight is 354 g/mol. The number of carbonyl (C=O) groups excluding carboxylic acids is 1. The van der Waals surface area contributed by atoms with Gasteiger partial charge in [-0.15, -0.1) is 11.3 Å². The van der Waals surface area contributed by atoms with E-state index in [-0.39, 0.29) is 12.4 Å². The molecule has 3 aromatic rings. The first-order valence-corrected chi connectivity index (χ1v) is 9.23. The fourth-order valence-corrected chi connectivity index (χ4v) is 3.78. The van der Waals surface area contributed by atoms with Crippen LogP contribution < -0.4 is 4.74 Å². The molecular weight excluding hydrogens is 332 g/mol. The first-order chi connectivity index (χ1) is 12.0. The number of ketones is 1. The highest BCUT2D eigenvalue weighted by Gasteiger charge is 2.15. The lowest BCUT2D eigenvalue weighted by molar-refractivity contribution is 0.0921. The number of hydrogen-bond donors (Lipinski definition) is 0. The maximum Gasteiger partial charge on any atom is 0.202 e. The summed E-state index contributed by atoms with van der Waals surface area (Å²) in [5.41, 5.74) is 4.93. The predicted molar refractivity (Wildman–Crippen MR) is 102 cm³/mol. The van der Waals surface area contributed by atoms with Gasteiger partial charge < -0.3 is 9.30 Å². The number of rotatable bonds is 6. The third-order valence-corrected chi connectivity index (χ3v) is 5.29. The van der Waals surface area contributed by atoms with Crippen molar-refractivity contribution in [1.82, 2.24) is 9.55 Å². The van der Waals surface area contributed by atoms with Crippen molar-refractivity contribution in [2.24, 2.45) is 0 Å². The third-order valence-electron chi connectivity index (χ3n) is 4.28. The van der Waals surface area contributed by atoms with E-state index < -0.39 is 0 Å². The summed E-state index contributed by atoms with van der Waals surface area (Å²) in [6.45, 7) is 8.98. The second-order valence-corrected chi connectivity index (χ2v) is 6.92. The number of nitrogens with zero attached hydrogens (tertiary/aromatic N) is 2. The van der Waals surface area contributed by atoms with Gasteiger partial charge in [0.05, 0.1) is 0 Å². The molecule has 0 spiro atoms. The van der Waals surface area contributed by atoms with Gasteiger partial charge in [0.25, 0.3) is 0 Å². The van der Waals surface area contributed by atoms with Crippen LogP contribution in [0.3, 0.4) is 0 Å². The SMILES string of the molecule is CCn1c(C)cc(C(=O)COc2ccc(-c3nc(C)cs3)cc2)c1C. The topological polar surface area (TPSA) is 44.1 Å². The Hall–Kier alpha value is -2.40. The van der Waals surface area contributed by atoms with Gasteiger partial charge in [0, 0.05) is 40.1 Å². The molecule has 0 bridgehead atoms. The summed E-state index contributed by atoms with van der Waals surface area (Å²) in [6.07, 6.45) is 0. The molecule has 25 heavy (non-hydrogen) atoms. The zero-order chi connectivity index (χ0) is 18.0. The van der Waals surface area contributed by atoms with Crippen molar-refractivity contribution in [2.75, 3.05) is 6.61 Å². The maximum atomic E-state index is 12.5. The van der Waals surface area contributed by atoms with E-state index in [0.29, 0.717) is 5.75 Å². The Labute approximate surface area is 152 Å². The number of thiazole rings is 1. The summed E-state index contributed by atoms with van der Waals surface area (Å²) in [5.74, 6) is 0.696. The van der Waals surface area contributed by atoms with E-state index in [1.165, 1.54) is 0 Å². The fraction of sp³-hybridized carbons (Fsp3) is 0.300. The monoisotopic (exact) mass is 354 g/mol. The van der Waals surface area contributed by atoms with Gasteiger partial charge in [-0.2, -0.15) is 0 Å². The molecule has 0 amide bonds. The van der Waals surface area contributed by atoms with E-state index in [0.717, 1.165) is 39.8 Å². The first-order valence-electron chi connectivity index (χ1n) is 8.35. The summed E-state index contributed by atoms with van der Waals surface area (Å²) in [5, 5.41) is 3.03. The van der Waals surface area contributed by atoms with Crippen LogP contribution in [0.25, 0.3) is 10.6 Å². The Kier molecular flexibility index (Phi) is 5.04. The van der Waals surface area contributed by atoms with Gasteiger partial charge >= 0.3 is 0 Å². The van der Waals surface area contributed by atoms with Crippen molar-refractivity contribution in [3.05, 3.63) is 58.4 Å². The quantitative estimate of drug-likeness (QED) is 0.596. The molecule has 0 unspecified atom stereocenters. The van der Waals surface area contributed by atoms with Crippen LogP contribution in [0.2, 0.25) is 0 Å². The summed E-state index contributed by atoms with van der Waals surface area (Å²) in [6, 6.07) is 9.66. The number of carbonyl (C=O) groups is 1. The predicted octanol–water partition coefficient (Wildman–Crippen LogP) is 4.82. The van der Waals surface area contributed by atoms with E-state index in [2.05, 4.69) is 16.5 Å². The van der Waals surface area contributed by atoms with Gasteiger partial charge in [0.15, 0.2) is 6.61 Å². The molecule has 0 saturated carbocycles. The van der Waals surface area contributed by atoms with Crippen LogP contribution in [0, 0.1) is 20.8 Å². The Morgan fingerprint density at radius 3 is 2.48 bits per heavy atom. The van der Waals surface area contributed by atoms with Crippen LogP contribution in [0.1, 0.15) is 34.4 Å². The molecule has 0 aliphatic heterocycles. The number of Topliss-reactive ketones (excluding diaryl/α,β-unsaturated/α-hetero) is 1. The van der Waals surface area contributed by atoms with Crippen LogP contribution in [-0.2, 0) is 6.54 Å². The van der Waals surface area contributed by atoms with E-state index in [4.69, 9.17) is 4.74 Å². The van der Waals surface area contributed by atoms with Crippen molar-refractivity contribution in [2.45, 2.75) is 34.2 Å². The second-order valence-electron chi connectivity index (χ2n) is 6.06. The standard InChI is InChI=1S/C20H22N2O2S/c1-5-22-14(3)10-18(15(22)4)19(23)11-24-17-8-6-16(7-9-17)20-21-13(2)12-25-20/h6-10,12H,5,11H2,1-4H3. The Balaban J connectivity index is 1.66. The summed E-state index contributed by atoms with van der Waals surface area (Å²) in [7, 11) is 0. The minimum atomic E-state index is 0.00687. The lowest BCUT2D eigenvalue weighted by Crippen LogP contribution is -2.12. The number of hydrogen-bond acceptors (Lipinski definition) is 4. The molecule has 1 aromatic carbocycles. The van der Waals surface area contributed by atoms with Crippen LogP contribution in [0.15, 0.2) is 35.7 Å². The van der Waals surface area contributed by atoms with Crippen molar-refractivity contribution >= 4 is 17.1 Å². The minimum Gasteiger partial charge on any atom is -0.485 e. The average Bonchev–Trinajstić information content (AvgIpc) is 3.16. The van der Waals surface area contributed by atoms with Gasteiger partial charge in [0.1, 0.15) is 10.8 Å². The molecule has 4 nitrogen and oxygen atoms in total. The summed E-state index contributed by atoms with van der Waals surface area (Å²) < 4.78 is 7.82. The molecule has 0 N–H and O–H groups in total. The van der Waals surface area contributed by atoms with Crippen LogP contribution in [-0.4, -0.2) is 21.9 Å². The summed E-state index contributed by atoms with van der Waals surface area (Å²) in [4.78, 5) is 16.9. The van der Waals surface area contributed by atoms with E-state index in [1.54, 1.807) is 11.3 Å². The van der Waals surface area contributed by atoms with Crippen molar-refractivity contribution in [3.8, 4) is 16.3 Å². The zero-order valence-corrected chi connectivity index (χ0v) is 15.8. The minimum absolute atomic E-state index is 0.00687. The second kappa shape index (κ2) is 7.23. The number of aryl methyl sites for hydroxylation is 2. The van der Waals surface area contributed by atoms with Gasteiger partial charge in [-0.05, 0) is 58.0 Å². The van der Waals surface area contributed by atoms with Gasteiger partial charge in [-0.1, -0.05) is 0 Å². The molecule has 0 aliphatic rings. The fourth-order valence-electron chi connectivity index (χ4n) is 2.98. The third kappa shape index (κ3) is 3.66. The molecule has 0 saturated heterocycles.